The summed E-state index contributed by atoms with van der Waals surface area (Å²) in [5.74, 6) is -1.25. The van der Waals surface area contributed by atoms with Gasteiger partial charge in [0, 0.05) is 0 Å². The summed E-state index contributed by atoms with van der Waals surface area (Å²) in [5, 5.41) is 10.9. The first kappa shape index (κ1) is 25.0. The fraction of sp³-hybridized carbons (Fsp3) is 0.231. The molecule has 1 aliphatic rings. The predicted molar refractivity (Wildman–Crippen MR) is 141 cm³/mol. The molecule has 0 saturated heterocycles. The van der Waals surface area contributed by atoms with Crippen molar-refractivity contribution in [2.24, 2.45) is 0 Å². The zero-order chi connectivity index (χ0) is 26.8. The van der Waals surface area contributed by atoms with E-state index in [1.165, 1.54) is 19.1 Å². The number of hydrogen-bond acceptors (Lipinski definition) is 9. The van der Waals surface area contributed by atoms with Crippen LogP contribution in [0.1, 0.15) is 54.2 Å². The molecule has 37 heavy (non-hydrogen) atoms. The van der Waals surface area contributed by atoms with Crippen LogP contribution in [0, 0.1) is 20.8 Å². The third-order valence-corrected chi connectivity index (χ3v) is 8.18. The van der Waals surface area contributed by atoms with E-state index in [-0.39, 0.29) is 38.3 Å². The van der Waals surface area contributed by atoms with Gasteiger partial charge in [-0.2, -0.15) is 0 Å². The number of carbonyl (C=O) groups excluding carboxylic acids is 2. The molecule has 11 heteroatoms. The maximum absolute atomic E-state index is 13.9. The highest BCUT2D eigenvalue weighted by Crippen LogP contribution is 2.46. The van der Waals surface area contributed by atoms with Crippen molar-refractivity contribution in [2.75, 3.05) is 19.1 Å². The number of aryl methyl sites for hydroxylation is 3. The van der Waals surface area contributed by atoms with E-state index in [4.69, 9.17) is 13.9 Å². The summed E-state index contributed by atoms with van der Waals surface area (Å²) in [6, 6.07) is 5.67. The van der Waals surface area contributed by atoms with Crippen molar-refractivity contribution in [1.82, 2.24) is 4.98 Å². The number of nitrogens with zero attached hydrogens (tertiary/aromatic N) is 2. The summed E-state index contributed by atoms with van der Waals surface area (Å²) < 4.78 is 16.5. The standard InChI is InChI=1S/C26H21BrN2O7S/c1-10-6-14-16(7-11(10)2)36-22-18(20(14)30)19(13-8-15(27)21(31)17(9-13)34-4)29(24(22)32)26-28-12(3)23(37-26)25(33)35-5/h6-9,19,31H,1-5H3. The summed E-state index contributed by atoms with van der Waals surface area (Å²) in [5.41, 5.74) is 2.75. The number of fused-ring (bicyclic) bond motifs is 2. The lowest BCUT2D eigenvalue weighted by Gasteiger charge is -2.23. The second-order valence-electron chi connectivity index (χ2n) is 8.64. The van der Waals surface area contributed by atoms with Crippen LogP contribution < -0.4 is 15.1 Å². The monoisotopic (exact) mass is 584 g/mol. The van der Waals surface area contributed by atoms with Crippen LogP contribution in [-0.4, -0.2) is 36.2 Å². The van der Waals surface area contributed by atoms with E-state index in [0.717, 1.165) is 22.5 Å². The van der Waals surface area contributed by atoms with Crippen molar-refractivity contribution in [1.29, 1.82) is 0 Å². The van der Waals surface area contributed by atoms with Crippen LogP contribution in [0.4, 0.5) is 5.13 Å². The van der Waals surface area contributed by atoms with Gasteiger partial charge in [-0.1, -0.05) is 11.3 Å². The van der Waals surface area contributed by atoms with Crippen LogP contribution in [0.5, 0.6) is 11.5 Å². The molecule has 5 rings (SSSR count). The van der Waals surface area contributed by atoms with Gasteiger partial charge in [-0.25, -0.2) is 9.78 Å². The summed E-state index contributed by atoms with van der Waals surface area (Å²) in [6.45, 7) is 5.43. The van der Waals surface area contributed by atoms with E-state index in [9.17, 15) is 19.5 Å². The number of rotatable bonds is 4. The Labute approximate surface area is 223 Å². The molecule has 2 aromatic heterocycles. The lowest BCUT2D eigenvalue weighted by atomic mass is 9.97. The molecule has 2 aromatic carbocycles. The fourth-order valence-electron chi connectivity index (χ4n) is 4.42. The van der Waals surface area contributed by atoms with Crippen LogP contribution in [0.2, 0.25) is 0 Å². The van der Waals surface area contributed by atoms with Crippen LogP contribution in [0.25, 0.3) is 11.0 Å². The van der Waals surface area contributed by atoms with Gasteiger partial charge in [0.05, 0.1) is 41.4 Å². The molecule has 0 aliphatic carbocycles. The quantitative estimate of drug-likeness (QED) is 0.325. The molecule has 0 saturated carbocycles. The van der Waals surface area contributed by atoms with Gasteiger partial charge < -0.3 is 19.0 Å². The number of ether oxygens (including phenoxy) is 2. The lowest BCUT2D eigenvalue weighted by molar-refractivity contribution is 0.0605. The number of thiazole rings is 1. The predicted octanol–water partition coefficient (Wildman–Crippen LogP) is 5.19. The van der Waals surface area contributed by atoms with Gasteiger partial charge in [-0.15, -0.1) is 0 Å². The minimum absolute atomic E-state index is 0.110. The number of hydrogen-bond donors (Lipinski definition) is 1. The molecule has 3 heterocycles. The zero-order valence-electron chi connectivity index (χ0n) is 20.5. The zero-order valence-corrected chi connectivity index (χ0v) is 22.9. The Morgan fingerprint density at radius 2 is 1.84 bits per heavy atom. The van der Waals surface area contributed by atoms with Crippen LogP contribution in [0.15, 0.2) is 37.9 Å². The number of amides is 1. The third-order valence-electron chi connectivity index (χ3n) is 6.44. The topological polar surface area (TPSA) is 119 Å². The minimum Gasteiger partial charge on any atom is -0.503 e. The Morgan fingerprint density at radius 1 is 1.14 bits per heavy atom. The number of benzene rings is 2. The lowest BCUT2D eigenvalue weighted by Crippen LogP contribution is -2.29. The molecule has 1 aliphatic heterocycles. The average molecular weight is 585 g/mol. The molecule has 0 spiro atoms. The van der Waals surface area contributed by atoms with Crippen molar-refractivity contribution in [3.05, 3.63) is 77.5 Å². The van der Waals surface area contributed by atoms with Crippen molar-refractivity contribution in [3.8, 4) is 11.5 Å². The number of phenols is 1. The van der Waals surface area contributed by atoms with Gasteiger partial charge in [0.1, 0.15) is 10.5 Å². The number of carbonyl (C=O) groups is 2. The molecule has 1 amide bonds. The molecule has 0 bridgehead atoms. The van der Waals surface area contributed by atoms with E-state index in [1.807, 2.05) is 13.8 Å². The molecule has 1 unspecified atom stereocenters. The first-order chi connectivity index (χ1) is 17.6. The SMILES string of the molecule is COC(=O)c1sc(N2C(=O)c3oc4cc(C)c(C)cc4c(=O)c3C2c2cc(Br)c(O)c(OC)c2)nc1C. The van der Waals surface area contributed by atoms with E-state index < -0.39 is 17.9 Å². The fourth-order valence-corrected chi connectivity index (χ4v) is 5.89. The first-order valence-electron chi connectivity index (χ1n) is 11.1. The van der Waals surface area contributed by atoms with Crippen LogP contribution >= 0.6 is 27.3 Å². The largest absolute Gasteiger partial charge is 0.503 e. The van der Waals surface area contributed by atoms with Crippen LogP contribution in [-0.2, 0) is 4.74 Å². The molecule has 1 N–H and O–H groups in total. The van der Waals surface area contributed by atoms with E-state index in [2.05, 4.69) is 20.9 Å². The van der Waals surface area contributed by atoms with Gasteiger partial charge in [0.2, 0.25) is 5.76 Å². The van der Waals surface area contributed by atoms with Gasteiger partial charge >= 0.3 is 5.97 Å². The van der Waals surface area contributed by atoms with Gasteiger partial charge in [-0.3, -0.25) is 14.5 Å². The summed E-state index contributed by atoms with van der Waals surface area (Å²) in [4.78, 5) is 46.1. The van der Waals surface area contributed by atoms with Gasteiger partial charge in [0.15, 0.2) is 22.1 Å². The molecular weight excluding hydrogens is 564 g/mol. The number of esters is 1. The van der Waals surface area contributed by atoms with Crippen molar-refractivity contribution >= 4 is 55.2 Å². The molecule has 190 valence electrons. The molecule has 0 fully saturated rings. The second kappa shape index (κ2) is 9.00. The van der Waals surface area contributed by atoms with Crippen molar-refractivity contribution in [2.45, 2.75) is 26.8 Å². The number of halogens is 1. The Balaban J connectivity index is 1.83. The number of aromatic hydroxyl groups is 1. The highest BCUT2D eigenvalue weighted by atomic mass is 79.9. The highest BCUT2D eigenvalue weighted by Gasteiger charge is 2.46. The van der Waals surface area contributed by atoms with E-state index in [0.29, 0.717) is 26.7 Å². The van der Waals surface area contributed by atoms with Crippen molar-refractivity contribution < 1.29 is 28.6 Å². The Kier molecular flexibility index (Phi) is 6.07. The summed E-state index contributed by atoms with van der Waals surface area (Å²) in [6.07, 6.45) is 0. The maximum Gasteiger partial charge on any atom is 0.350 e. The highest BCUT2D eigenvalue weighted by molar-refractivity contribution is 9.10. The average Bonchev–Trinajstić information content (AvgIpc) is 3.39. The van der Waals surface area contributed by atoms with E-state index >= 15 is 0 Å². The van der Waals surface area contributed by atoms with E-state index in [1.54, 1.807) is 31.2 Å². The van der Waals surface area contributed by atoms with Gasteiger partial charge in [-0.05, 0) is 77.7 Å². The maximum atomic E-state index is 13.9. The second-order valence-corrected chi connectivity index (χ2v) is 10.5. The summed E-state index contributed by atoms with van der Waals surface area (Å²) >= 11 is 4.30. The molecule has 0 radical (unpaired) electrons. The summed E-state index contributed by atoms with van der Waals surface area (Å²) in [7, 11) is 2.66. The Morgan fingerprint density at radius 3 is 2.51 bits per heavy atom. The normalized spacial score (nSPS) is 14.8. The Bertz CT molecular complexity index is 1690. The Hall–Kier alpha value is -3.70. The first-order valence-corrected chi connectivity index (χ1v) is 12.7. The minimum atomic E-state index is -0.966. The molecule has 4 aromatic rings. The molecule has 1 atom stereocenters. The smallest absolute Gasteiger partial charge is 0.350 e. The number of phenolic OH excluding ortho intramolecular Hbond substituents is 1. The van der Waals surface area contributed by atoms with Crippen molar-refractivity contribution in [3.63, 3.8) is 0 Å². The van der Waals surface area contributed by atoms with Gasteiger partial charge in [0.25, 0.3) is 5.91 Å². The number of methoxy groups -OCH3 is 2. The molecule has 9 nitrogen and oxygen atoms in total. The van der Waals surface area contributed by atoms with Crippen LogP contribution in [0.3, 0.4) is 0 Å². The number of aromatic nitrogens is 1. The number of anilines is 1. The molecular formula is C26H21BrN2O7S. The third kappa shape index (κ3) is 3.80.